The summed E-state index contributed by atoms with van der Waals surface area (Å²) in [5.41, 5.74) is 0. The molecule has 0 aromatic heterocycles. The van der Waals surface area contributed by atoms with Gasteiger partial charge in [0.25, 0.3) is 0 Å². The Morgan fingerprint density at radius 1 is 0.500 bits per heavy atom. The summed E-state index contributed by atoms with van der Waals surface area (Å²) in [6.07, 6.45) is 20.1. The van der Waals surface area contributed by atoms with Crippen molar-refractivity contribution in [3.8, 4) is 0 Å². The fourth-order valence-corrected chi connectivity index (χ4v) is 5.52. The van der Waals surface area contributed by atoms with Crippen LogP contribution in [0.25, 0.3) is 0 Å². The summed E-state index contributed by atoms with van der Waals surface area (Å²) in [6, 6.07) is -2.38. The van der Waals surface area contributed by atoms with Gasteiger partial charge in [0.05, 0.1) is 31.8 Å². The van der Waals surface area contributed by atoms with Crippen LogP contribution in [0.5, 0.6) is 0 Å². The summed E-state index contributed by atoms with van der Waals surface area (Å²) in [7, 11) is 0. The summed E-state index contributed by atoms with van der Waals surface area (Å²) < 4.78 is 0. The van der Waals surface area contributed by atoms with Crippen LogP contribution in [-0.4, -0.2) is 118 Å². The zero-order valence-electron chi connectivity index (χ0n) is 36.3. The van der Waals surface area contributed by atoms with Crippen LogP contribution in [0, 0.1) is 0 Å². The van der Waals surface area contributed by atoms with Gasteiger partial charge in [0.1, 0.15) is 6.04 Å². The molecule has 0 rings (SSSR count). The van der Waals surface area contributed by atoms with Crippen molar-refractivity contribution in [3.63, 3.8) is 0 Å². The number of nitrogens with zero attached hydrogens (tertiary/aromatic N) is 1. The minimum Gasteiger partial charge on any atom is -0.550 e. The molecule has 2 amide bonds. The van der Waals surface area contributed by atoms with Gasteiger partial charge in [-0.15, -0.1) is 0 Å². The summed E-state index contributed by atoms with van der Waals surface area (Å²) in [6.45, 7) is 6.14. The SMILES string of the molecule is CCCCCCCCCCCC(=O)NC(CCC(=O)O)C(=O)O.CCCCCCCCCCCC(=O)NC(CCC(=O)[O-])C(=O)[O-].OCCN(CCO)CCO.[Na+].[Na+]. The number of nitrogens with one attached hydrogen (secondary N) is 2. The number of aliphatic hydroxyl groups excluding tert-OH is 3. The number of carbonyl (C=O) groups excluding carboxylic acids is 4. The Morgan fingerprint density at radius 3 is 1.12 bits per heavy atom. The van der Waals surface area contributed by atoms with Crippen molar-refractivity contribution >= 4 is 35.7 Å². The van der Waals surface area contributed by atoms with E-state index >= 15 is 0 Å². The van der Waals surface area contributed by atoms with Gasteiger partial charge < -0.3 is 56.0 Å². The largest absolute Gasteiger partial charge is 1.00 e. The van der Waals surface area contributed by atoms with Crippen LogP contribution >= 0.6 is 0 Å². The summed E-state index contributed by atoms with van der Waals surface area (Å²) in [5.74, 6) is -5.75. The molecule has 0 fully saturated rings. The quantitative estimate of drug-likeness (QED) is 0.0236. The number of aliphatic carboxylic acids is 4. The number of carboxylic acids is 4. The zero-order chi connectivity index (χ0) is 42.8. The number of hydrogen-bond donors (Lipinski definition) is 7. The zero-order valence-corrected chi connectivity index (χ0v) is 40.3. The molecule has 18 heteroatoms. The molecule has 330 valence electrons. The Balaban J connectivity index is -0.000000255. The number of rotatable bonds is 36. The van der Waals surface area contributed by atoms with Crippen LogP contribution in [0.1, 0.15) is 168 Å². The summed E-state index contributed by atoms with van der Waals surface area (Å²) >= 11 is 0. The third-order valence-corrected chi connectivity index (χ3v) is 8.80. The van der Waals surface area contributed by atoms with E-state index in [0.717, 1.165) is 32.1 Å². The van der Waals surface area contributed by atoms with Crippen molar-refractivity contribution < 1.29 is 124 Å². The molecule has 0 aliphatic heterocycles. The molecule has 7 N–H and O–H groups in total. The molecular weight excluding hydrogens is 776 g/mol. The van der Waals surface area contributed by atoms with E-state index in [-0.39, 0.29) is 116 Å². The van der Waals surface area contributed by atoms with Gasteiger partial charge in [-0.2, -0.15) is 0 Å². The van der Waals surface area contributed by atoms with Gasteiger partial charge in [0.2, 0.25) is 11.8 Å². The molecule has 2 atom stereocenters. The van der Waals surface area contributed by atoms with Crippen LogP contribution in [0.4, 0.5) is 0 Å². The van der Waals surface area contributed by atoms with Crippen molar-refractivity contribution in [2.24, 2.45) is 0 Å². The Labute approximate surface area is 391 Å². The number of hydrogen-bond acceptors (Lipinski definition) is 12. The maximum Gasteiger partial charge on any atom is 1.00 e. The van der Waals surface area contributed by atoms with Gasteiger partial charge in [0.15, 0.2) is 0 Å². The second-order valence-electron chi connectivity index (χ2n) is 13.9. The van der Waals surface area contributed by atoms with Crippen LogP contribution in [0.3, 0.4) is 0 Å². The van der Waals surface area contributed by atoms with E-state index in [2.05, 4.69) is 24.5 Å². The van der Waals surface area contributed by atoms with Gasteiger partial charge in [-0.25, -0.2) is 4.79 Å². The maximum absolute atomic E-state index is 11.7. The van der Waals surface area contributed by atoms with Gasteiger partial charge in [-0.1, -0.05) is 117 Å². The molecule has 0 bridgehead atoms. The summed E-state index contributed by atoms with van der Waals surface area (Å²) in [5, 5.41) is 68.8. The van der Waals surface area contributed by atoms with E-state index in [1.54, 1.807) is 4.90 Å². The van der Waals surface area contributed by atoms with Crippen LogP contribution < -0.4 is 80.0 Å². The molecule has 0 aliphatic rings. The van der Waals surface area contributed by atoms with E-state index in [9.17, 15) is 39.0 Å². The predicted octanol–water partition coefficient (Wildman–Crippen LogP) is -3.71. The Hall–Kier alpha value is -1.34. The fraction of sp³-hybridized carbons (Fsp3) is 0.850. The van der Waals surface area contributed by atoms with Crippen LogP contribution in [-0.2, 0) is 28.8 Å². The molecule has 0 saturated heterocycles. The number of aliphatic hydroxyl groups is 3. The number of amides is 2. The van der Waals surface area contributed by atoms with E-state index in [4.69, 9.17) is 25.5 Å². The normalized spacial score (nSPS) is 11.3. The number of carbonyl (C=O) groups is 6. The first kappa shape index (κ1) is 65.8. The van der Waals surface area contributed by atoms with E-state index in [1.807, 2.05) is 0 Å². The number of carboxylic acid groups (broad SMARTS) is 4. The Bertz CT molecular complexity index is 931. The molecule has 0 heterocycles. The first-order valence-corrected chi connectivity index (χ1v) is 20.8. The van der Waals surface area contributed by atoms with E-state index < -0.39 is 42.4 Å². The number of unbranched alkanes of at least 4 members (excludes halogenated alkanes) is 16. The third kappa shape index (κ3) is 50.8. The predicted molar refractivity (Wildman–Crippen MR) is 209 cm³/mol. The van der Waals surface area contributed by atoms with Crippen molar-refractivity contribution in [1.82, 2.24) is 15.5 Å². The van der Waals surface area contributed by atoms with Crippen molar-refractivity contribution in [2.45, 2.75) is 180 Å². The molecule has 0 aromatic carbocycles. The molecule has 0 spiro atoms. The molecule has 0 saturated carbocycles. The van der Waals surface area contributed by atoms with Gasteiger partial charge in [-0.3, -0.25) is 19.3 Å². The average Bonchev–Trinajstić information content (AvgIpc) is 3.14. The first-order chi connectivity index (χ1) is 26.8. The van der Waals surface area contributed by atoms with E-state index in [0.29, 0.717) is 32.5 Å². The van der Waals surface area contributed by atoms with Crippen molar-refractivity contribution in [1.29, 1.82) is 0 Å². The average molecular weight is 852 g/mol. The molecule has 2 unspecified atom stereocenters. The van der Waals surface area contributed by atoms with Crippen molar-refractivity contribution in [2.75, 3.05) is 39.5 Å². The van der Waals surface area contributed by atoms with E-state index in [1.165, 1.54) is 77.0 Å². The maximum atomic E-state index is 11.7. The smallest absolute Gasteiger partial charge is 0.550 e. The molecule has 16 nitrogen and oxygen atoms in total. The first-order valence-electron chi connectivity index (χ1n) is 20.8. The Morgan fingerprint density at radius 2 is 0.828 bits per heavy atom. The minimum atomic E-state index is -1.47. The molecule has 0 aromatic rings. The Kier molecular flexibility index (Phi) is 56.7. The molecular formula is C40H75N3Na2O13. The van der Waals surface area contributed by atoms with Gasteiger partial charge >= 0.3 is 71.1 Å². The molecule has 58 heavy (non-hydrogen) atoms. The monoisotopic (exact) mass is 852 g/mol. The van der Waals surface area contributed by atoms with Gasteiger partial charge in [-0.05, 0) is 32.1 Å². The second-order valence-corrected chi connectivity index (χ2v) is 13.9. The van der Waals surface area contributed by atoms with Gasteiger partial charge in [0, 0.05) is 44.9 Å². The molecule has 0 radical (unpaired) electrons. The third-order valence-electron chi connectivity index (χ3n) is 8.80. The van der Waals surface area contributed by atoms with Crippen LogP contribution in [0.2, 0.25) is 0 Å². The minimum absolute atomic E-state index is 0. The van der Waals surface area contributed by atoms with Crippen LogP contribution in [0.15, 0.2) is 0 Å². The second kappa shape index (κ2) is 50.0. The van der Waals surface area contributed by atoms with Crippen molar-refractivity contribution in [3.05, 3.63) is 0 Å². The standard InChI is InChI=1S/2C17H31NO5.C6H15NO3.2Na/c2*1-2-3-4-5-6-7-8-9-10-11-15(19)18-14(17(22)23)12-13-16(20)21;8-4-1-7(2-5-9)3-6-10;;/h2*14H,2-13H2,1H3,(H,18,19)(H,20,21)(H,22,23);8-10H,1-6H2;;/q;;;2*+1/p-2. The summed E-state index contributed by atoms with van der Waals surface area (Å²) in [4.78, 5) is 67.7. The topological polar surface area (TPSA) is 277 Å². The fourth-order valence-electron chi connectivity index (χ4n) is 5.52. The molecule has 0 aliphatic carbocycles.